The summed E-state index contributed by atoms with van der Waals surface area (Å²) in [6, 6.07) is 12.0. The molecule has 0 spiro atoms. The van der Waals surface area contributed by atoms with Gasteiger partial charge in [0.05, 0.1) is 17.2 Å². The molecular weight excluding hydrogens is 416 g/mol. The van der Waals surface area contributed by atoms with Gasteiger partial charge in [-0.05, 0) is 48.7 Å². The largest absolute Gasteiger partial charge is 0.492 e. The fourth-order valence-electron chi connectivity index (χ4n) is 3.05. The quantitative estimate of drug-likeness (QED) is 0.555. The molecule has 0 unspecified atom stereocenters. The van der Waals surface area contributed by atoms with Gasteiger partial charge in [0.25, 0.3) is 5.91 Å². The number of ether oxygens (including phenoxy) is 2. The van der Waals surface area contributed by atoms with Crippen molar-refractivity contribution in [3.63, 3.8) is 0 Å². The van der Waals surface area contributed by atoms with Crippen LogP contribution in [-0.4, -0.2) is 44.9 Å². The maximum Gasteiger partial charge on any atom is 0.262 e. The number of amides is 1. The maximum atomic E-state index is 12.8. The molecule has 170 valence electrons. The molecule has 31 heavy (non-hydrogen) atoms. The van der Waals surface area contributed by atoms with E-state index in [4.69, 9.17) is 9.47 Å². The minimum Gasteiger partial charge on any atom is -0.492 e. The van der Waals surface area contributed by atoms with Gasteiger partial charge < -0.3 is 14.8 Å². The van der Waals surface area contributed by atoms with E-state index in [2.05, 4.69) is 19.2 Å². The molecule has 0 aliphatic carbocycles. The van der Waals surface area contributed by atoms with Gasteiger partial charge >= 0.3 is 0 Å². The molecule has 0 saturated carbocycles. The van der Waals surface area contributed by atoms with Crippen LogP contribution in [-0.2, 0) is 14.8 Å². The molecular formula is C23H32N2O5S. The number of nitrogens with one attached hydrogen (secondary N) is 1. The van der Waals surface area contributed by atoms with Crippen molar-refractivity contribution in [2.24, 2.45) is 0 Å². The SMILES string of the molecule is CCOc1ccc(S(=O)(=O)N(CC)CC)cc1NC(=O)COc1ccc(C(C)C)cc1. The Morgan fingerprint density at radius 2 is 1.65 bits per heavy atom. The van der Waals surface area contributed by atoms with Gasteiger partial charge in [0, 0.05) is 13.1 Å². The summed E-state index contributed by atoms with van der Waals surface area (Å²) in [5.74, 6) is 0.985. The molecule has 2 aromatic carbocycles. The van der Waals surface area contributed by atoms with Gasteiger partial charge in [0.2, 0.25) is 10.0 Å². The van der Waals surface area contributed by atoms with Crippen LogP contribution in [0.25, 0.3) is 0 Å². The first-order valence-corrected chi connectivity index (χ1v) is 12.0. The van der Waals surface area contributed by atoms with Crippen molar-refractivity contribution >= 4 is 21.6 Å². The first-order valence-electron chi connectivity index (χ1n) is 10.5. The summed E-state index contributed by atoms with van der Waals surface area (Å²) in [6.07, 6.45) is 0. The molecule has 0 atom stereocenters. The Balaban J connectivity index is 2.16. The van der Waals surface area contributed by atoms with Crippen LogP contribution in [0.1, 0.15) is 46.1 Å². The molecule has 8 heteroatoms. The van der Waals surface area contributed by atoms with Gasteiger partial charge in [0.15, 0.2) is 6.61 Å². The van der Waals surface area contributed by atoms with E-state index in [9.17, 15) is 13.2 Å². The summed E-state index contributed by atoms with van der Waals surface area (Å²) >= 11 is 0. The zero-order valence-electron chi connectivity index (χ0n) is 18.8. The molecule has 2 rings (SSSR count). The number of rotatable bonds is 11. The summed E-state index contributed by atoms with van der Waals surface area (Å²) < 4.78 is 38.1. The van der Waals surface area contributed by atoms with Crippen LogP contribution >= 0.6 is 0 Å². The number of hydrogen-bond acceptors (Lipinski definition) is 5. The van der Waals surface area contributed by atoms with Gasteiger partial charge in [-0.15, -0.1) is 0 Å². The van der Waals surface area contributed by atoms with E-state index >= 15 is 0 Å². The van der Waals surface area contributed by atoms with Crippen LogP contribution in [0.15, 0.2) is 47.4 Å². The van der Waals surface area contributed by atoms with Crippen LogP contribution in [0.4, 0.5) is 5.69 Å². The Bertz CT molecular complexity index is 968. The second-order valence-corrected chi connectivity index (χ2v) is 9.18. The first-order chi connectivity index (χ1) is 14.7. The molecule has 1 amide bonds. The van der Waals surface area contributed by atoms with Gasteiger partial charge in [-0.3, -0.25) is 4.79 Å². The zero-order chi connectivity index (χ0) is 23.0. The monoisotopic (exact) mass is 448 g/mol. The average Bonchev–Trinajstić information content (AvgIpc) is 2.74. The van der Waals surface area contributed by atoms with E-state index in [0.29, 0.717) is 42.8 Å². The Morgan fingerprint density at radius 3 is 2.19 bits per heavy atom. The van der Waals surface area contributed by atoms with Crippen molar-refractivity contribution in [3.05, 3.63) is 48.0 Å². The topological polar surface area (TPSA) is 84.9 Å². The number of carbonyl (C=O) groups is 1. The number of sulfonamides is 1. The lowest BCUT2D eigenvalue weighted by molar-refractivity contribution is -0.118. The third-order valence-electron chi connectivity index (χ3n) is 4.78. The highest BCUT2D eigenvalue weighted by molar-refractivity contribution is 7.89. The van der Waals surface area contributed by atoms with E-state index in [-0.39, 0.29) is 11.5 Å². The molecule has 0 bridgehead atoms. The second-order valence-electron chi connectivity index (χ2n) is 7.24. The van der Waals surface area contributed by atoms with Crippen molar-refractivity contribution in [3.8, 4) is 11.5 Å². The molecule has 0 aliphatic heterocycles. The van der Waals surface area contributed by atoms with Crippen LogP contribution in [0, 0.1) is 0 Å². The minimum atomic E-state index is -3.66. The van der Waals surface area contributed by atoms with Gasteiger partial charge in [-0.2, -0.15) is 4.31 Å². The van der Waals surface area contributed by atoms with Crippen molar-refractivity contribution in [2.45, 2.75) is 45.4 Å². The molecule has 0 heterocycles. The van der Waals surface area contributed by atoms with E-state index in [1.807, 2.05) is 31.2 Å². The predicted octanol–water partition coefficient (Wildman–Crippen LogP) is 4.26. The van der Waals surface area contributed by atoms with Crippen molar-refractivity contribution in [1.82, 2.24) is 4.31 Å². The summed E-state index contributed by atoms with van der Waals surface area (Å²) in [4.78, 5) is 12.6. The first kappa shape index (κ1) is 24.7. The summed E-state index contributed by atoms with van der Waals surface area (Å²) in [7, 11) is -3.66. The van der Waals surface area contributed by atoms with E-state index in [1.165, 1.54) is 22.0 Å². The maximum absolute atomic E-state index is 12.8. The lowest BCUT2D eigenvalue weighted by atomic mass is 10.0. The van der Waals surface area contributed by atoms with Crippen molar-refractivity contribution in [2.75, 3.05) is 31.6 Å². The lowest BCUT2D eigenvalue weighted by Gasteiger charge is -2.20. The van der Waals surface area contributed by atoms with Crippen LogP contribution in [0.5, 0.6) is 11.5 Å². The van der Waals surface area contributed by atoms with E-state index in [1.54, 1.807) is 19.9 Å². The smallest absolute Gasteiger partial charge is 0.262 e. The lowest BCUT2D eigenvalue weighted by Crippen LogP contribution is -2.30. The predicted molar refractivity (Wildman–Crippen MR) is 122 cm³/mol. The van der Waals surface area contributed by atoms with Crippen molar-refractivity contribution < 1.29 is 22.7 Å². The molecule has 0 fully saturated rings. The number of nitrogens with zero attached hydrogens (tertiary/aromatic N) is 1. The number of carbonyl (C=O) groups excluding carboxylic acids is 1. The summed E-state index contributed by atoms with van der Waals surface area (Å²) in [5.41, 5.74) is 1.48. The fraction of sp³-hybridized carbons (Fsp3) is 0.435. The normalized spacial score (nSPS) is 11.6. The zero-order valence-corrected chi connectivity index (χ0v) is 19.7. The Kier molecular flexibility index (Phi) is 8.88. The Labute approximate surface area is 185 Å². The van der Waals surface area contributed by atoms with E-state index < -0.39 is 15.9 Å². The minimum absolute atomic E-state index is 0.0974. The molecule has 1 N–H and O–H groups in total. The highest BCUT2D eigenvalue weighted by Crippen LogP contribution is 2.29. The number of anilines is 1. The second kappa shape index (κ2) is 11.2. The molecule has 2 aromatic rings. The molecule has 7 nitrogen and oxygen atoms in total. The number of benzene rings is 2. The fourth-order valence-corrected chi connectivity index (χ4v) is 4.53. The Morgan fingerprint density at radius 1 is 1.00 bits per heavy atom. The summed E-state index contributed by atoms with van der Waals surface area (Å²) in [5, 5.41) is 2.71. The Hall–Kier alpha value is -2.58. The third kappa shape index (κ3) is 6.45. The average molecular weight is 449 g/mol. The van der Waals surface area contributed by atoms with Gasteiger partial charge in [-0.25, -0.2) is 8.42 Å². The van der Waals surface area contributed by atoms with Gasteiger partial charge in [0.1, 0.15) is 11.5 Å². The molecule has 0 aliphatic rings. The molecule has 0 radical (unpaired) electrons. The highest BCUT2D eigenvalue weighted by Gasteiger charge is 2.23. The molecule has 0 saturated heterocycles. The standard InChI is InChI=1S/C23H32N2O5S/c1-6-25(7-2)31(27,28)20-13-14-22(29-8-3)21(15-20)24-23(26)16-30-19-11-9-18(10-12-19)17(4)5/h9-15,17H,6-8,16H2,1-5H3,(H,24,26). The highest BCUT2D eigenvalue weighted by atomic mass is 32.2. The van der Waals surface area contributed by atoms with E-state index in [0.717, 1.165) is 0 Å². The van der Waals surface area contributed by atoms with Crippen LogP contribution in [0.3, 0.4) is 0 Å². The molecule has 0 aromatic heterocycles. The summed E-state index contributed by atoms with van der Waals surface area (Å²) in [6.45, 7) is 10.5. The van der Waals surface area contributed by atoms with Gasteiger partial charge in [-0.1, -0.05) is 39.8 Å². The van der Waals surface area contributed by atoms with Crippen LogP contribution in [0.2, 0.25) is 0 Å². The number of hydrogen-bond donors (Lipinski definition) is 1. The van der Waals surface area contributed by atoms with Crippen LogP contribution < -0.4 is 14.8 Å². The third-order valence-corrected chi connectivity index (χ3v) is 6.83. The van der Waals surface area contributed by atoms with Crippen molar-refractivity contribution in [1.29, 1.82) is 0 Å².